The van der Waals surface area contributed by atoms with Crippen LogP contribution in [-0.2, 0) is 10.8 Å². The van der Waals surface area contributed by atoms with Crippen LogP contribution in [0.1, 0.15) is 51.3 Å². The molecule has 0 fully saturated rings. The van der Waals surface area contributed by atoms with E-state index in [0.29, 0.717) is 0 Å². The van der Waals surface area contributed by atoms with Gasteiger partial charge in [-0.15, -0.1) is 0 Å². The van der Waals surface area contributed by atoms with Gasteiger partial charge in [0.2, 0.25) is 0 Å². The molecule has 1 heteroatoms. The SMILES string of the molecule is CC(C)(C)c1ccc2c(c1)Sc1ccccc1C2(C)C. The molecular formula is C19H22S. The molecule has 1 aliphatic rings. The Hall–Kier alpha value is -1.21. The molecule has 0 N–H and O–H groups in total. The molecule has 0 saturated carbocycles. The predicted octanol–water partition coefficient (Wildman–Crippen LogP) is 5.77. The lowest BCUT2D eigenvalue weighted by Crippen LogP contribution is -2.24. The zero-order valence-corrected chi connectivity index (χ0v) is 13.8. The molecule has 0 saturated heterocycles. The molecule has 0 unspecified atom stereocenters. The summed E-state index contributed by atoms with van der Waals surface area (Å²) in [6, 6.07) is 15.8. The third-order valence-corrected chi connectivity index (χ3v) is 5.43. The topological polar surface area (TPSA) is 0 Å². The summed E-state index contributed by atoms with van der Waals surface area (Å²) in [5.41, 5.74) is 4.61. The standard InChI is InChI=1S/C19H22S/c1-18(2,3)13-10-11-15-17(12-13)20-16-9-7-6-8-14(16)19(15,4)5/h6-12H,1-5H3. The van der Waals surface area contributed by atoms with E-state index in [4.69, 9.17) is 0 Å². The minimum absolute atomic E-state index is 0.0909. The highest BCUT2D eigenvalue weighted by atomic mass is 32.2. The molecule has 0 bridgehead atoms. The molecule has 1 heterocycles. The van der Waals surface area contributed by atoms with Gasteiger partial charge in [-0.25, -0.2) is 0 Å². The van der Waals surface area contributed by atoms with E-state index in [-0.39, 0.29) is 10.8 Å². The average Bonchev–Trinajstić information content (AvgIpc) is 2.37. The van der Waals surface area contributed by atoms with Crippen molar-refractivity contribution in [1.29, 1.82) is 0 Å². The van der Waals surface area contributed by atoms with Gasteiger partial charge in [-0.3, -0.25) is 0 Å². The molecular weight excluding hydrogens is 260 g/mol. The molecule has 0 atom stereocenters. The van der Waals surface area contributed by atoms with E-state index < -0.39 is 0 Å². The van der Waals surface area contributed by atoms with Crippen molar-refractivity contribution in [3.63, 3.8) is 0 Å². The van der Waals surface area contributed by atoms with Gasteiger partial charge in [0.1, 0.15) is 0 Å². The van der Waals surface area contributed by atoms with Crippen LogP contribution in [-0.4, -0.2) is 0 Å². The maximum Gasteiger partial charge on any atom is 0.0168 e. The second-order valence-corrected chi connectivity index (χ2v) is 8.27. The van der Waals surface area contributed by atoms with Crippen LogP contribution in [0.15, 0.2) is 52.3 Å². The third kappa shape index (κ3) is 2.09. The first kappa shape index (κ1) is 13.8. The molecule has 0 nitrogen and oxygen atoms in total. The summed E-state index contributed by atoms with van der Waals surface area (Å²) in [4.78, 5) is 2.82. The maximum absolute atomic E-state index is 2.39. The summed E-state index contributed by atoms with van der Waals surface area (Å²) < 4.78 is 0. The Labute approximate surface area is 126 Å². The summed E-state index contributed by atoms with van der Waals surface area (Å²) >= 11 is 1.92. The Bertz CT molecular complexity index is 660. The van der Waals surface area contributed by atoms with Crippen LogP contribution in [0.4, 0.5) is 0 Å². The second kappa shape index (κ2) is 4.39. The minimum atomic E-state index is 0.0909. The van der Waals surface area contributed by atoms with Gasteiger partial charge in [0.25, 0.3) is 0 Å². The van der Waals surface area contributed by atoms with E-state index in [1.807, 2.05) is 11.8 Å². The molecule has 104 valence electrons. The van der Waals surface area contributed by atoms with Gasteiger partial charge in [0, 0.05) is 15.2 Å². The molecule has 20 heavy (non-hydrogen) atoms. The van der Waals surface area contributed by atoms with Crippen LogP contribution in [0.25, 0.3) is 0 Å². The summed E-state index contributed by atoms with van der Waals surface area (Å²) in [6.45, 7) is 11.5. The minimum Gasteiger partial charge on any atom is -0.0894 e. The molecule has 0 aliphatic carbocycles. The third-order valence-electron chi connectivity index (χ3n) is 4.30. The van der Waals surface area contributed by atoms with Crippen LogP contribution >= 0.6 is 11.8 Å². The maximum atomic E-state index is 2.39. The smallest absolute Gasteiger partial charge is 0.0168 e. The van der Waals surface area contributed by atoms with Crippen LogP contribution in [0.5, 0.6) is 0 Å². The lowest BCUT2D eigenvalue weighted by atomic mass is 9.76. The Morgan fingerprint density at radius 1 is 0.850 bits per heavy atom. The summed E-state index contributed by atoms with van der Waals surface area (Å²) in [5, 5.41) is 0. The zero-order valence-electron chi connectivity index (χ0n) is 12.9. The zero-order chi connectivity index (χ0) is 14.5. The first-order valence-electron chi connectivity index (χ1n) is 7.22. The molecule has 1 aliphatic heterocycles. The largest absolute Gasteiger partial charge is 0.0894 e. The Morgan fingerprint density at radius 3 is 2.20 bits per heavy atom. The van der Waals surface area contributed by atoms with E-state index in [1.54, 1.807) is 0 Å². The predicted molar refractivity (Wildman–Crippen MR) is 87.8 cm³/mol. The summed E-state index contributed by atoms with van der Waals surface area (Å²) in [5.74, 6) is 0. The fraction of sp³-hybridized carbons (Fsp3) is 0.368. The lowest BCUT2D eigenvalue weighted by Gasteiger charge is -2.35. The van der Waals surface area contributed by atoms with E-state index in [1.165, 1.54) is 26.5 Å². The van der Waals surface area contributed by atoms with Crippen molar-refractivity contribution in [3.8, 4) is 0 Å². The van der Waals surface area contributed by atoms with Crippen LogP contribution < -0.4 is 0 Å². The molecule has 0 amide bonds. The molecule has 0 radical (unpaired) electrons. The fourth-order valence-corrected chi connectivity index (χ4v) is 4.36. The van der Waals surface area contributed by atoms with Crippen molar-refractivity contribution >= 4 is 11.8 Å². The van der Waals surface area contributed by atoms with Gasteiger partial charge in [-0.1, -0.05) is 76.7 Å². The van der Waals surface area contributed by atoms with Gasteiger partial charge in [-0.2, -0.15) is 0 Å². The summed E-state index contributed by atoms with van der Waals surface area (Å²) in [6.07, 6.45) is 0. The molecule has 0 spiro atoms. The van der Waals surface area contributed by atoms with E-state index in [2.05, 4.69) is 77.1 Å². The number of hydrogen-bond donors (Lipinski definition) is 0. The first-order chi connectivity index (χ1) is 9.30. The van der Waals surface area contributed by atoms with E-state index in [0.717, 1.165) is 0 Å². The van der Waals surface area contributed by atoms with E-state index >= 15 is 0 Å². The molecule has 2 aromatic carbocycles. The second-order valence-electron chi connectivity index (χ2n) is 7.18. The highest BCUT2D eigenvalue weighted by Gasteiger charge is 2.33. The Morgan fingerprint density at radius 2 is 1.50 bits per heavy atom. The number of benzene rings is 2. The fourth-order valence-electron chi connectivity index (χ4n) is 2.93. The highest BCUT2D eigenvalue weighted by molar-refractivity contribution is 7.99. The van der Waals surface area contributed by atoms with Crippen molar-refractivity contribution < 1.29 is 0 Å². The van der Waals surface area contributed by atoms with Crippen molar-refractivity contribution in [1.82, 2.24) is 0 Å². The average molecular weight is 282 g/mol. The Kier molecular flexibility index (Phi) is 3.02. The van der Waals surface area contributed by atoms with Gasteiger partial charge < -0.3 is 0 Å². The van der Waals surface area contributed by atoms with Crippen LogP contribution in [0.2, 0.25) is 0 Å². The molecule has 3 rings (SSSR count). The summed E-state index contributed by atoms with van der Waals surface area (Å²) in [7, 11) is 0. The number of rotatable bonds is 0. The van der Waals surface area contributed by atoms with E-state index in [9.17, 15) is 0 Å². The van der Waals surface area contributed by atoms with Crippen molar-refractivity contribution in [3.05, 3.63) is 59.2 Å². The lowest BCUT2D eigenvalue weighted by molar-refractivity contribution is 0.577. The van der Waals surface area contributed by atoms with Crippen LogP contribution in [0, 0.1) is 0 Å². The van der Waals surface area contributed by atoms with Crippen molar-refractivity contribution in [2.24, 2.45) is 0 Å². The van der Waals surface area contributed by atoms with Crippen LogP contribution in [0.3, 0.4) is 0 Å². The first-order valence-corrected chi connectivity index (χ1v) is 8.04. The molecule has 0 aromatic heterocycles. The van der Waals surface area contributed by atoms with Gasteiger partial charge in [-0.05, 0) is 34.2 Å². The van der Waals surface area contributed by atoms with Crippen molar-refractivity contribution in [2.75, 3.05) is 0 Å². The van der Waals surface area contributed by atoms with Gasteiger partial charge in [0.15, 0.2) is 0 Å². The van der Waals surface area contributed by atoms with Gasteiger partial charge >= 0.3 is 0 Å². The normalized spacial score (nSPS) is 16.4. The number of hydrogen-bond acceptors (Lipinski definition) is 1. The quantitative estimate of drug-likeness (QED) is 0.590. The number of fused-ring (bicyclic) bond motifs is 2. The highest BCUT2D eigenvalue weighted by Crippen LogP contribution is 2.49. The monoisotopic (exact) mass is 282 g/mol. The molecule has 2 aromatic rings. The Balaban J connectivity index is 2.18. The van der Waals surface area contributed by atoms with Gasteiger partial charge in [0.05, 0.1) is 0 Å². The van der Waals surface area contributed by atoms with Crippen molar-refractivity contribution in [2.45, 2.75) is 55.2 Å².